The number of aliphatic hydroxyl groups excluding tert-OH is 2. The summed E-state index contributed by atoms with van der Waals surface area (Å²) in [5.74, 6) is 1.26. The first-order valence-electron chi connectivity index (χ1n) is 21.2. The number of phenols is 1. The molecule has 0 unspecified atom stereocenters. The van der Waals surface area contributed by atoms with Crippen LogP contribution in [0.25, 0.3) is 0 Å². The first-order chi connectivity index (χ1) is 30.0. The van der Waals surface area contributed by atoms with Crippen molar-refractivity contribution in [2.24, 2.45) is 0 Å². The highest BCUT2D eigenvalue weighted by atomic mass is 35.5. The van der Waals surface area contributed by atoms with E-state index in [4.69, 9.17) is 37.1 Å². The summed E-state index contributed by atoms with van der Waals surface area (Å²) >= 11 is 5.71. The largest absolute Gasteiger partial charge is 0.508 e. The summed E-state index contributed by atoms with van der Waals surface area (Å²) < 4.78 is 6.03. The number of rotatable bonds is 4. The van der Waals surface area contributed by atoms with Gasteiger partial charge in [-0.15, -0.1) is 0 Å². The van der Waals surface area contributed by atoms with Crippen molar-refractivity contribution < 1.29 is 20.1 Å². The van der Waals surface area contributed by atoms with Gasteiger partial charge in [-0.3, -0.25) is 0 Å². The lowest BCUT2D eigenvalue weighted by Crippen LogP contribution is -2.38. The number of aryl methyl sites for hydroxylation is 3. The second-order valence-electron chi connectivity index (χ2n) is 15.4. The molecular weight excluding hydrogens is 796 g/mol. The van der Waals surface area contributed by atoms with Crippen molar-refractivity contribution in [3.8, 4) is 29.7 Å². The van der Waals surface area contributed by atoms with Crippen LogP contribution in [-0.2, 0) is 0 Å². The molecule has 3 saturated heterocycles. The standard InChI is InChI=1S/C19H20N2O.C13H16N2O.C8H6ClN.C6H6O.C5H11NO/c1-15-6-5-9-19(18(15)14-20)21-12-10-17(11-13-21)22-16-7-3-2-4-8-16;1-10-3-2-4-13(12(10)9-14)15-7-5-11(16)6-8-15;1-6-3-2-4-8(9)7(6)5-10;7-6-4-2-1-3-5-6;7-5-1-3-6-4-2-5/h2-9,17H,10-13H2,1H3;2-4,11,16H,5-8H2,1H3;2-4H,1H3;1-5,7H;5-7H,1-4H2. The maximum absolute atomic E-state index is 9.46. The van der Waals surface area contributed by atoms with Gasteiger partial charge in [-0.2, -0.15) is 15.8 Å². The molecule has 8 rings (SSSR count). The topological polar surface area (TPSA) is 160 Å². The number of aromatic hydroxyl groups is 1. The van der Waals surface area contributed by atoms with Crippen LogP contribution in [-0.4, -0.2) is 72.9 Å². The molecule has 62 heavy (non-hydrogen) atoms. The Hall–Kier alpha value is -6.06. The lowest BCUT2D eigenvalue weighted by Gasteiger charge is -2.34. The molecule has 0 aromatic heterocycles. The van der Waals surface area contributed by atoms with Crippen LogP contribution < -0.4 is 19.9 Å². The van der Waals surface area contributed by atoms with Crippen molar-refractivity contribution in [1.82, 2.24) is 5.32 Å². The van der Waals surface area contributed by atoms with E-state index < -0.39 is 0 Å². The summed E-state index contributed by atoms with van der Waals surface area (Å²) in [6.45, 7) is 11.3. The Morgan fingerprint density at radius 2 is 0.968 bits per heavy atom. The van der Waals surface area contributed by atoms with E-state index in [0.717, 1.165) is 123 Å². The van der Waals surface area contributed by atoms with Gasteiger partial charge >= 0.3 is 0 Å². The van der Waals surface area contributed by atoms with E-state index in [2.05, 4.69) is 27.3 Å². The molecule has 324 valence electrons. The zero-order chi connectivity index (χ0) is 44.7. The summed E-state index contributed by atoms with van der Waals surface area (Å²) in [6, 6.07) is 42.8. The van der Waals surface area contributed by atoms with E-state index in [1.807, 2.05) is 112 Å². The average Bonchev–Trinajstić information content (AvgIpc) is 3.29. The fourth-order valence-electron chi connectivity index (χ4n) is 7.14. The number of halogens is 1. The molecule has 0 bridgehead atoms. The lowest BCUT2D eigenvalue weighted by molar-refractivity contribution is 0.137. The van der Waals surface area contributed by atoms with Gasteiger partial charge in [0.05, 0.1) is 45.3 Å². The van der Waals surface area contributed by atoms with Gasteiger partial charge in [0.1, 0.15) is 35.8 Å². The van der Waals surface area contributed by atoms with E-state index in [9.17, 15) is 10.4 Å². The summed E-state index contributed by atoms with van der Waals surface area (Å²) in [4.78, 5) is 4.49. The minimum absolute atomic E-state index is 0.0266. The number of benzene rings is 5. The molecule has 4 N–H and O–H groups in total. The Bertz CT molecular complexity index is 2200. The Kier molecular flexibility index (Phi) is 20.6. The molecule has 5 aromatic carbocycles. The number of piperidine rings is 3. The number of anilines is 2. The van der Waals surface area contributed by atoms with Gasteiger partial charge in [-0.1, -0.05) is 84.4 Å². The van der Waals surface area contributed by atoms with Crippen molar-refractivity contribution in [2.75, 3.05) is 49.1 Å². The minimum Gasteiger partial charge on any atom is -0.508 e. The number of para-hydroxylation sites is 2. The predicted octanol–water partition coefficient (Wildman–Crippen LogP) is 9.39. The molecule has 10 nitrogen and oxygen atoms in total. The van der Waals surface area contributed by atoms with Gasteiger partial charge in [0, 0.05) is 39.0 Å². The van der Waals surface area contributed by atoms with E-state index >= 15 is 0 Å². The predicted molar refractivity (Wildman–Crippen MR) is 249 cm³/mol. The number of phenolic OH excluding ortho intramolecular Hbond substituents is 1. The number of aliphatic hydroxyl groups is 2. The van der Waals surface area contributed by atoms with Crippen LogP contribution in [0, 0.1) is 54.8 Å². The zero-order valence-corrected chi connectivity index (χ0v) is 36.8. The van der Waals surface area contributed by atoms with E-state index in [1.165, 1.54) is 0 Å². The molecule has 0 aliphatic carbocycles. The van der Waals surface area contributed by atoms with Crippen LogP contribution in [0.4, 0.5) is 11.4 Å². The van der Waals surface area contributed by atoms with Gasteiger partial charge in [0.25, 0.3) is 0 Å². The van der Waals surface area contributed by atoms with Crippen LogP contribution in [0.2, 0.25) is 5.02 Å². The Balaban J connectivity index is 0.000000184. The van der Waals surface area contributed by atoms with E-state index in [-0.39, 0.29) is 18.3 Å². The molecule has 0 spiro atoms. The fourth-order valence-corrected chi connectivity index (χ4v) is 7.41. The fraction of sp³-hybridized carbons (Fsp3) is 0.353. The van der Waals surface area contributed by atoms with Gasteiger partial charge in [0.2, 0.25) is 0 Å². The molecule has 0 radical (unpaired) electrons. The first kappa shape index (κ1) is 48.6. The number of ether oxygens (including phenoxy) is 1. The minimum atomic E-state index is -0.174. The highest BCUT2D eigenvalue weighted by Gasteiger charge is 2.23. The van der Waals surface area contributed by atoms with Crippen molar-refractivity contribution in [3.05, 3.63) is 154 Å². The second kappa shape index (κ2) is 26.3. The van der Waals surface area contributed by atoms with E-state index in [1.54, 1.807) is 30.3 Å². The highest BCUT2D eigenvalue weighted by Crippen LogP contribution is 2.28. The van der Waals surface area contributed by atoms with Crippen molar-refractivity contribution in [3.63, 3.8) is 0 Å². The molecule has 0 saturated carbocycles. The van der Waals surface area contributed by atoms with Gasteiger partial charge in [0.15, 0.2) is 0 Å². The van der Waals surface area contributed by atoms with Crippen molar-refractivity contribution >= 4 is 23.0 Å². The Labute approximate surface area is 372 Å². The third kappa shape index (κ3) is 15.8. The molecule has 3 aliphatic heterocycles. The molecule has 3 fully saturated rings. The summed E-state index contributed by atoms with van der Waals surface area (Å²) in [6.07, 6.45) is 5.46. The second-order valence-corrected chi connectivity index (χ2v) is 15.8. The van der Waals surface area contributed by atoms with Gasteiger partial charge < -0.3 is 35.2 Å². The summed E-state index contributed by atoms with van der Waals surface area (Å²) in [5, 5.41) is 57.7. The number of nitrogens with one attached hydrogen (secondary N) is 1. The third-order valence-corrected chi connectivity index (χ3v) is 11.1. The monoisotopic (exact) mass is 854 g/mol. The number of hydrogen-bond acceptors (Lipinski definition) is 10. The van der Waals surface area contributed by atoms with Crippen LogP contribution in [0.15, 0.2) is 115 Å². The number of nitrogens with zero attached hydrogens (tertiary/aromatic N) is 5. The van der Waals surface area contributed by atoms with Crippen LogP contribution in [0.1, 0.15) is 71.9 Å². The molecule has 0 atom stereocenters. The van der Waals surface area contributed by atoms with E-state index in [0.29, 0.717) is 16.3 Å². The molecule has 5 aromatic rings. The maximum Gasteiger partial charge on any atom is 0.119 e. The average molecular weight is 856 g/mol. The van der Waals surface area contributed by atoms with Crippen molar-refractivity contribution in [2.45, 2.75) is 77.6 Å². The third-order valence-electron chi connectivity index (χ3n) is 10.8. The van der Waals surface area contributed by atoms with Crippen LogP contribution in [0.3, 0.4) is 0 Å². The zero-order valence-electron chi connectivity index (χ0n) is 36.1. The number of nitriles is 3. The SMILES string of the molecule is Cc1cccc(Cl)c1C#N.Cc1cccc(N2CCC(O)CC2)c1C#N.Cc1cccc(N2CCC(Oc3ccccc3)CC2)c1C#N.OC1CCNCC1.Oc1ccccc1. The molecule has 3 aliphatic rings. The Morgan fingerprint density at radius 1 is 0.548 bits per heavy atom. The molecule has 11 heteroatoms. The highest BCUT2D eigenvalue weighted by molar-refractivity contribution is 6.31. The molecule has 0 amide bonds. The van der Waals surface area contributed by atoms with Crippen LogP contribution >= 0.6 is 11.6 Å². The first-order valence-corrected chi connectivity index (χ1v) is 21.6. The van der Waals surface area contributed by atoms with Gasteiger partial charge in [-0.05, 0) is 119 Å². The molecular formula is C51H59ClN6O4. The summed E-state index contributed by atoms with van der Waals surface area (Å²) in [7, 11) is 0. The van der Waals surface area contributed by atoms with Gasteiger partial charge in [-0.25, -0.2) is 0 Å². The van der Waals surface area contributed by atoms with Crippen molar-refractivity contribution in [1.29, 1.82) is 15.8 Å². The van der Waals surface area contributed by atoms with Crippen LogP contribution in [0.5, 0.6) is 11.5 Å². The Morgan fingerprint density at radius 3 is 1.35 bits per heavy atom. The normalized spacial score (nSPS) is 15.1. The molecule has 3 heterocycles. The lowest BCUT2D eigenvalue weighted by atomic mass is 10.0. The smallest absolute Gasteiger partial charge is 0.119 e. The number of hydrogen-bond donors (Lipinski definition) is 4. The summed E-state index contributed by atoms with van der Waals surface area (Å²) in [5.41, 5.74) is 7.19. The quantitative estimate of drug-likeness (QED) is 0.137. The maximum atomic E-state index is 9.46.